The van der Waals surface area contributed by atoms with E-state index in [2.05, 4.69) is 4.98 Å². The molecule has 0 radical (unpaired) electrons. The molecule has 1 aromatic heterocycles. The third-order valence-electron chi connectivity index (χ3n) is 1.62. The monoisotopic (exact) mass is 248 g/mol. The lowest BCUT2D eigenvalue weighted by Gasteiger charge is -2.04. The second-order valence-corrected chi connectivity index (χ2v) is 5.36. The minimum absolute atomic E-state index is 0.00771. The number of aliphatic carboxylic acids is 1. The molecule has 0 bridgehead atoms. The Morgan fingerprint density at radius 3 is 3.07 bits per heavy atom. The molecule has 0 aliphatic heterocycles. The summed E-state index contributed by atoms with van der Waals surface area (Å²) in [6, 6.07) is 0. The topological polar surface area (TPSA) is 72.2 Å². The number of aryl methyl sites for hydroxylation is 1. The molecule has 15 heavy (non-hydrogen) atoms. The molecular weight excluding hydrogens is 236 g/mol. The van der Waals surface area contributed by atoms with E-state index < -0.39 is 16.8 Å². The van der Waals surface area contributed by atoms with E-state index in [1.165, 1.54) is 11.8 Å². The molecule has 84 valence electrons. The van der Waals surface area contributed by atoms with Gasteiger partial charge in [0, 0.05) is 41.7 Å². The van der Waals surface area contributed by atoms with E-state index in [9.17, 15) is 9.00 Å². The van der Waals surface area contributed by atoms with E-state index in [0.29, 0.717) is 17.5 Å². The summed E-state index contributed by atoms with van der Waals surface area (Å²) in [6.45, 7) is 0.602. The van der Waals surface area contributed by atoms with E-state index in [1.54, 1.807) is 18.6 Å². The zero-order valence-corrected chi connectivity index (χ0v) is 9.88. The van der Waals surface area contributed by atoms with Crippen LogP contribution < -0.4 is 0 Å². The molecule has 1 unspecified atom stereocenters. The molecule has 0 saturated carbocycles. The maximum absolute atomic E-state index is 10.9. The first-order valence-corrected chi connectivity index (χ1v) is 6.96. The molecule has 7 heteroatoms. The highest BCUT2D eigenvalue weighted by Crippen LogP contribution is 2.15. The molecule has 1 aromatic rings. The summed E-state index contributed by atoms with van der Waals surface area (Å²) < 4.78 is 12.7. The first kappa shape index (κ1) is 12.3. The van der Waals surface area contributed by atoms with Crippen molar-refractivity contribution in [2.45, 2.75) is 11.7 Å². The molecule has 5 nitrogen and oxygen atoms in total. The Labute approximate surface area is 94.3 Å². The number of rotatable bonds is 6. The predicted molar refractivity (Wildman–Crippen MR) is 59.5 cm³/mol. The van der Waals surface area contributed by atoms with E-state index in [1.807, 2.05) is 4.57 Å². The lowest BCUT2D eigenvalue weighted by molar-refractivity contribution is -0.133. The summed E-state index contributed by atoms with van der Waals surface area (Å²) >= 11 is 1.17. The van der Waals surface area contributed by atoms with Gasteiger partial charge in [0.2, 0.25) is 0 Å². The Balaban J connectivity index is 2.53. The van der Waals surface area contributed by atoms with Crippen molar-refractivity contribution in [2.75, 3.05) is 17.8 Å². The van der Waals surface area contributed by atoms with Gasteiger partial charge in [-0.05, 0) is 0 Å². The Morgan fingerprint density at radius 1 is 1.73 bits per heavy atom. The molecule has 0 aliphatic rings. The second-order valence-electron chi connectivity index (χ2n) is 2.86. The largest absolute Gasteiger partial charge is 0.481 e. The molecule has 1 N–H and O–H groups in total. The molecule has 0 amide bonds. The van der Waals surface area contributed by atoms with Gasteiger partial charge in [0.15, 0.2) is 5.16 Å². The smallest absolute Gasteiger partial charge is 0.313 e. The molecule has 0 aliphatic carbocycles. The molecule has 1 atom stereocenters. The maximum Gasteiger partial charge on any atom is 0.313 e. The SMILES string of the molecule is CS(=O)CCn1ccnc1SCC(=O)O. The van der Waals surface area contributed by atoms with E-state index in [4.69, 9.17) is 5.11 Å². The van der Waals surface area contributed by atoms with Crippen LogP contribution in [0.4, 0.5) is 0 Å². The van der Waals surface area contributed by atoms with E-state index in [-0.39, 0.29) is 5.75 Å². The number of imidazole rings is 1. The van der Waals surface area contributed by atoms with Gasteiger partial charge in [-0.2, -0.15) is 0 Å². The third kappa shape index (κ3) is 4.48. The van der Waals surface area contributed by atoms with Crippen LogP contribution in [-0.2, 0) is 22.1 Å². The van der Waals surface area contributed by atoms with Gasteiger partial charge in [-0.15, -0.1) is 0 Å². The summed E-state index contributed by atoms with van der Waals surface area (Å²) in [7, 11) is -0.845. The number of hydrogen-bond donors (Lipinski definition) is 1. The van der Waals surface area contributed by atoms with Crippen molar-refractivity contribution in [1.82, 2.24) is 9.55 Å². The number of aromatic nitrogens is 2. The first-order chi connectivity index (χ1) is 7.09. The zero-order chi connectivity index (χ0) is 11.3. The number of carbonyl (C=O) groups is 1. The molecule has 1 rings (SSSR count). The second kappa shape index (κ2) is 5.92. The first-order valence-electron chi connectivity index (χ1n) is 4.25. The highest BCUT2D eigenvalue weighted by Gasteiger charge is 2.06. The van der Waals surface area contributed by atoms with E-state index in [0.717, 1.165) is 0 Å². The quantitative estimate of drug-likeness (QED) is 0.739. The summed E-state index contributed by atoms with van der Waals surface area (Å²) in [5, 5.41) is 9.17. The van der Waals surface area contributed by atoms with Crippen molar-refractivity contribution in [2.24, 2.45) is 0 Å². The molecule has 0 fully saturated rings. The molecule has 0 aromatic carbocycles. The van der Waals surface area contributed by atoms with Gasteiger partial charge in [0.1, 0.15) is 0 Å². The Kier molecular flexibility index (Phi) is 4.83. The standard InChI is InChI=1S/C8H12N2O3S2/c1-15(13)5-4-10-3-2-9-8(10)14-6-7(11)12/h2-3H,4-6H2,1H3,(H,11,12). The van der Waals surface area contributed by atoms with E-state index >= 15 is 0 Å². The Morgan fingerprint density at radius 2 is 2.47 bits per heavy atom. The van der Waals surface area contributed by atoms with Crippen LogP contribution in [0, 0.1) is 0 Å². The van der Waals surface area contributed by atoms with Gasteiger partial charge in [-0.1, -0.05) is 11.8 Å². The van der Waals surface area contributed by atoms with Crippen molar-refractivity contribution < 1.29 is 14.1 Å². The lowest BCUT2D eigenvalue weighted by Crippen LogP contribution is -2.08. The van der Waals surface area contributed by atoms with Crippen LogP contribution >= 0.6 is 11.8 Å². The predicted octanol–water partition coefficient (Wildman–Crippen LogP) is 0.438. The molecule has 0 spiro atoms. The van der Waals surface area contributed by atoms with Crippen molar-refractivity contribution in [3.05, 3.63) is 12.4 Å². The normalized spacial score (nSPS) is 12.6. The van der Waals surface area contributed by atoms with Crippen LogP contribution in [0.3, 0.4) is 0 Å². The van der Waals surface area contributed by atoms with Gasteiger partial charge < -0.3 is 9.67 Å². The Hall–Kier alpha value is -0.820. The van der Waals surface area contributed by atoms with Crippen LogP contribution in [0.1, 0.15) is 0 Å². The average Bonchev–Trinajstić information content (AvgIpc) is 2.58. The fourth-order valence-electron chi connectivity index (χ4n) is 0.959. The van der Waals surface area contributed by atoms with Gasteiger partial charge in [-0.25, -0.2) is 4.98 Å². The van der Waals surface area contributed by atoms with Crippen molar-refractivity contribution >= 4 is 28.5 Å². The Bertz CT molecular complexity index is 332. The minimum Gasteiger partial charge on any atom is -0.481 e. The van der Waals surface area contributed by atoms with Crippen molar-refractivity contribution in [3.63, 3.8) is 0 Å². The van der Waals surface area contributed by atoms with Gasteiger partial charge in [-0.3, -0.25) is 9.00 Å². The van der Waals surface area contributed by atoms with Crippen molar-refractivity contribution in [3.8, 4) is 0 Å². The molecular formula is C8H12N2O3S2. The van der Waals surface area contributed by atoms with Crippen LogP contribution in [0.2, 0.25) is 0 Å². The zero-order valence-electron chi connectivity index (χ0n) is 8.25. The summed E-state index contributed by atoms with van der Waals surface area (Å²) in [5.41, 5.74) is 0. The third-order valence-corrected chi connectivity index (χ3v) is 3.37. The molecule has 1 heterocycles. The summed E-state index contributed by atoms with van der Waals surface area (Å²) in [4.78, 5) is 14.4. The van der Waals surface area contributed by atoms with Crippen LogP contribution in [-0.4, -0.2) is 42.6 Å². The van der Waals surface area contributed by atoms with Gasteiger partial charge >= 0.3 is 5.97 Å². The lowest BCUT2D eigenvalue weighted by atomic mass is 10.7. The highest BCUT2D eigenvalue weighted by atomic mass is 32.2. The number of carboxylic acid groups (broad SMARTS) is 1. The van der Waals surface area contributed by atoms with Gasteiger partial charge in [0.05, 0.1) is 5.75 Å². The average molecular weight is 248 g/mol. The van der Waals surface area contributed by atoms with Crippen LogP contribution in [0.15, 0.2) is 17.6 Å². The number of carboxylic acids is 1. The molecule has 0 saturated heterocycles. The number of hydrogen-bond acceptors (Lipinski definition) is 4. The van der Waals surface area contributed by atoms with Crippen molar-refractivity contribution in [1.29, 1.82) is 0 Å². The number of nitrogens with zero attached hydrogens (tertiary/aromatic N) is 2. The summed E-state index contributed by atoms with van der Waals surface area (Å²) in [5.74, 6) is -0.322. The minimum atomic E-state index is -0.867. The summed E-state index contributed by atoms with van der Waals surface area (Å²) in [6.07, 6.45) is 5.01. The fraction of sp³-hybridized carbons (Fsp3) is 0.500. The highest BCUT2D eigenvalue weighted by molar-refractivity contribution is 7.99. The van der Waals surface area contributed by atoms with Crippen LogP contribution in [0.25, 0.3) is 0 Å². The maximum atomic E-state index is 10.9. The van der Waals surface area contributed by atoms with Crippen LogP contribution in [0.5, 0.6) is 0 Å². The fourth-order valence-corrected chi connectivity index (χ4v) is 2.12. The number of thioether (sulfide) groups is 1. The van der Waals surface area contributed by atoms with Gasteiger partial charge in [0.25, 0.3) is 0 Å².